The first-order valence-corrected chi connectivity index (χ1v) is 8.01. The molecule has 0 heterocycles. The van der Waals surface area contributed by atoms with E-state index < -0.39 is 0 Å². The van der Waals surface area contributed by atoms with Gasteiger partial charge < -0.3 is 5.43 Å². The van der Waals surface area contributed by atoms with Crippen molar-refractivity contribution < 1.29 is 4.92 Å². The van der Waals surface area contributed by atoms with E-state index in [2.05, 4.69) is 5.43 Å². The second-order valence-corrected chi connectivity index (χ2v) is 4.55. The maximum Gasteiger partial charge on any atom is 0.283 e. The summed E-state index contributed by atoms with van der Waals surface area (Å²) in [6.45, 7) is 8.00. The molecule has 0 radical (unpaired) electrons. The Hall–Kier alpha value is -2.05. The summed E-state index contributed by atoms with van der Waals surface area (Å²) in [5.41, 5.74) is 3.40. The van der Waals surface area contributed by atoms with Gasteiger partial charge in [0.2, 0.25) is 0 Å². The molecule has 120 valence electrons. The lowest BCUT2D eigenvalue weighted by atomic mass is 10.3. The van der Waals surface area contributed by atoms with Crippen LogP contribution in [0.25, 0.3) is 0 Å². The molecule has 0 spiro atoms. The molecular formula is C16H23N3O2S. The Morgan fingerprint density at radius 2 is 1.45 bits per heavy atom. The number of nitro benzene ring substituents is 1. The van der Waals surface area contributed by atoms with E-state index in [1.165, 1.54) is 17.8 Å². The number of benzene rings is 2. The number of hydrazine groups is 1. The molecular weight excluding hydrogens is 298 g/mol. The Morgan fingerprint density at radius 1 is 0.955 bits per heavy atom. The van der Waals surface area contributed by atoms with Gasteiger partial charge in [-0.3, -0.25) is 16.0 Å². The maximum absolute atomic E-state index is 10.9. The van der Waals surface area contributed by atoms with Crippen LogP contribution in [0.2, 0.25) is 0 Å². The molecule has 6 heteroatoms. The number of rotatable bonds is 4. The van der Waals surface area contributed by atoms with E-state index in [-0.39, 0.29) is 10.6 Å². The second kappa shape index (κ2) is 11.6. The quantitative estimate of drug-likeness (QED) is 0.466. The van der Waals surface area contributed by atoms with Crippen molar-refractivity contribution in [1.82, 2.24) is 0 Å². The molecule has 0 fully saturated rings. The highest BCUT2D eigenvalue weighted by Gasteiger charge is 2.14. The SMILES string of the molecule is CC.CC.NNc1ccccc1Sc1ccccc1[N+](=O)[O-]. The molecule has 0 aliphatic rings. The Morgan fingerprint density at radius 3 is 2.00 bits per heavy atom. The largest absolute Gasteiger partial charge is 0.323 e. The number of nitrogens with one attached hydrogen (secondary N) is 1. The van der Waals surface area contributed by atoms with Crippen molar-refractivity contribution in [2.24, 2.45) is 5.84 Å². The average molecular weight is 321 g/mol. The number of nitro groups is 1. The fraction of sp³-hybridized carbons (Fsp3) is 0.250. The Kier molecular flexibility index (Phi) is 10.5. The maximum atomic E-state index is 10.9. The number of nitrogens with zero attached hydrogens (tertiary/aromatic N) is 1. The van der Waals surface area contributed by atoms with Crippen molar-refractivity contribution in [1.29, 1.82) is 0 Å². The third-order valence-electron chi connectivity index (χ3n) is 2.32. The summed E-state index contributed by atoms with van der Waals surface area (Å²) in [6, 6.07) is 14.0. The monoisotopic (exact) mass is 321 g/mol. The number of hydrogen-bond donors (Lipinski definition) is 2. The summed E-state index contributed by atoms with van der Waals surface area (Å²) in [7, 11) is 0. The zero-order chi connectivity index (χ0) is 17.0. The second-order valence-electron chi connectivity index (χ2n) is 3.47. The first-order valence-electron chi connectivity index (χ1n) is 7.19. The molecule has 0 saturated carbocycles. The zero-order valence-corrected chi connectivity index (χ0v) is 14.2. The highest BCUT2D eigenvalue weighted by atomic mass is 32.2. The predicted octanol–water partition coefficient (Wildman–Crippen LogP) is 5.08. The van der Waals surface area contributed by atoms with Crippen molar-refractivity contribution in [3.05, 3.63) is 58.6 Å². The van der Waals surface area contributed by atoms with Gasteiger partial charge in [-0.15, -0.1) is 0 Å². The van der Waals surface area contributed by atoms with Gasteiger partial charge >= 0.3 is 0 Å². The molecule has 0 aliphatic carbocycles. The summed E-state index contributed by atoms with van der Waals surface area (Å²) in [4.78, 5) is 12.0. The average Bonchev–Trinajstić information content (AvgIpc) is 2.59. The Labute approximate surface area is 136 Å². The van der Waals surface area contributed by atoms with Crippen molar-refractivity contribution in [3.63, 3.8) is 0 Å². The number of nitrogens with two attached hydrogens (primary N) is 1. The molecule has 0 aliphatic heterocycles. The lowest BCUT2D eigenvalue weighted by Crippen LogP contribution is -2.07. The molecule has 0 amide bonds. The zero-order valence-electron chi connectivity index (χ0n) is 13.4. The Balaban J connectivity index is 0.00000102. The molecule has 0 bridgehead atoms. The number of para-hydroxylation sites is 2. The number of hydrogen-bond acceptors (Lipinski definition) is 5. The molecule has 2 aromatic rings. The van der Waals surface area contributed by atoms with Crippen LogP contribution in [0, 0.1) is 10.1 Å². The summed E-state index contributed by atoms with van der Waals surface area (Å²) in [5.74, 6) is 5.40. The molecule has 3 N–H and O–H groups in total. The van der Waals surface area contributed by atoms with E-state index in [0.717, 1.165) is 10.6 Å². The summed E-state index contributed by atoms with van der Waals surface area (Å²) < 4.78 is 0. The van der Waals surface area contributed by atoms with Crippen LogP contribution in [0.1, 0.15) is 27.7 Å². The fourth-order valence-electron chi connectivity index (χ4n) is 1.49. The molecule has 0 atom stereocenters. The lowest BCUT2D eigenvalue weighted by molar-refractivity contribution is -0.387. The van der Waals surface area contributed by atoms with E-state index in [4.69, 9.17) is 5.84 Å². The van der Waals surface area contributed by atoms with Gasteiger partial charge in [-0.05, 0) is 18.2 Å². The van der Waals surface area contributed by atoms with Gasteiger partial charge in [0.1, 0.15) is 0 Å². The van der Waals surface area contributed by atoms with E-state index in [1.807, 2.05) is 52.0 Å². The van der Waals surface area contributed by atoms with Gasteiger partial charge in [-0.25, -0.2) is 0 Å². The fourth-order valence-corrected chi connectivity index (χ4v) is 2.50. The third kappa shape index (κ3) is 5.75. The highest BCUT2D eigenvalue weighted by molar-refractivity contribution is 7.99. The van der Waals surface area contributed by atoms with E-state index in [1.54, 1.807) is 18.2 Å². The Bertz CT molecular complexity index is 577. The minimum Gasteiger partial charge on any atom is -0.323 e. The third-order valence-corrected chi connectivity index (χ3v) is 3.47. The van der Waals surface area contributed by atoms with Crippen LogP contribution >= 0.6 is 11.8 Å². The summed E-state index contributed by atoms with van der Waals surface area (Å²) in [5, 5.41) is 10.9. The molecule has 0 aromatic heterocycles. The molecule has 2 aromatic carbocycles. The first-order chi connectivity index (χ1) is 10.7. The summed E-state index contributed by atoms with van der Waals surface area (Å²) >= 11 is 1.31. The van der Waals surface area contributed by atoms with Crippen LogP contribution < -0.4 is 11.3 Å². The van der Waals surface area contributed by atoms with Gasteiger partial charge in [-0.1, -0.05) is 63.7 Å². The molecule has 22 heavy (non-hydrogen) atoms. The lowest BCUT2D eigenvalue weighted by Gasteiger charge is -2.08. The first kappa shape index (κ1) is 19.9. The smallest absolute Gasteiger partial charge is 0.283 e. The van der Waals surface area contributed by atoms with Gasteiger partial charge in [-0.2, -0.15) is 0 Å². The van der Waals surface area contributed by atoms with Crippen LogP contribution in [0.15, 0.2) is 58.3 Å². The molecule has 0 saturated heterocycles. The normalized spacial score (nSPS) is 8.77. The van der Waals surface area contributed by atoms with Crippen LogP contribution in [-0.2, 0) is 0 Å². The van der Waals surface area contributed by atoms with Crippen LogP contribution in [0.4, 0.5) is 11.4 Å². The van der Waals surface area contributed by atoms with Crippen molar-refractivity contribution in [2.45, 2.75) is 37.5 Å². The van der Waals surface area contributed by atoms with E-state index >= 15 is 0 Å². The van der Waals surface area contributed by atoms with Crippen LogP contribution in [0.3, 0.4) is 0 Å². The van der Waals surface area contributed by atoms with Crippen molar-refractivity contribution in [3.8, 4) is 0 Å². The van der Waals surface area contributed by atoms with Crippen LogP contribution in [0.5, 0.6) is 0 Å². The molecule has 0 unspecified atom stereocenters. The van der Waals surface area contributed by atoms with Crippen molar-refractivity contribution in [2.75, 3.05) is 5.43 Å². The predicted molar refractivity (Wildman–Crippen MR) is 94.2 cm³/mol. The standard InChI is InChI=1S/C12H11N3O2S.2C2H6/c13-14-9-5-1-3-7-11(9)18-12-8-4-2-6-10(12)15(16)17;2*1-2/h1-8,14H,13H2;2*1-2H3. The highest BCUT2D eigenvalue weighted by Crippen LogP contribution is 2.37. The van der Waals surface area contributed by atoms with Gasteiger partial charge in [0.05, 0.1) is 15.5 Å². The topological polar surface area (TPSA) is 81.2 Å². The van der Waals surface area contributed by atoms with E-state index in [9.17, 15) is 10.1 Å². The minimum atomic E-state index is -0.388. The minimum absolute atomic E-state index is 0.0920. The van der Waals surface area contributed by atoms with Gasteiger partial charge in [0, 0.05) is 11.0 Å². The van der Waals surface area contributed by atoms with Gasteiger partial charge in [0.25, 0.3) is 5.69 Å². The van der Waals surface area contributed by atoms with Crippen LogP contribution in [-0.4, -0.2) is 4.92 Å². The van der Waals surface area contributed by atoms with Crippen molar-refractivity contribution >= 4 is 23.1 Å². The molecule has 2 rings (SSSR count). The summed E-state index contributed by atoms with van der Waals surface area (Å²) in [6.07, 6.45) is 0. The number of nitrogen functional groups attached to an aromatic ring is 1. The van der Waals surface area contributed by atoms with E-state index in [0.29, 0.717) is 4.90 Å². The van der Waals surface area contributed by atoms with Gasteiger partial charge in [0.15, 0.2) is 0 Å². The molecule has 5 nitrogen and oxygen atoms in total. The number of anilines is 1.